The molecule has 4 rings (SSSR count). The van der Waals surface area contributed by atoms with Crippen LogP contribution < -0.4 is 0 Å². The van der Waals surface area contributed by atoms with Gasteiger partial charge in [-0.1, -0.05) is 30.3 Å². The Kier molecular flexibility index (Phi) is 4.71. The molecule has 0 radical (unpaired) electrons. The Morgan fingerprint density at radius 2 is 1.88 bits per heavy atom. The summed E-state index contributed by atoms with van der Waals surface area (Å²) in [6.45, 7) is 2.91. The number of H-pyrrole nitrogens is 1. The number of carbonyl (C=O) groups excluding carboxylic acids is 2. The highest BCUT2D eigenvalue weighted by molar-refractivity contribution is 6.02. The molecule has 0 spiro atoms. The van der Waals surface area contributed by atoms with Crippen molar-refractivity contribution in [1.29, 1.82) is 0 Å². The smallest absolute Gasteiger partial charge is 0.258 e. The third-order valence-corrected chi connectivity index (χ3v) is 5.05. The molecule has 136 valence electrons. The number of aromatic nitrogens is 2. The van der Waals surface area contributed by atoms with Crippen LogP contribution in [0.25, 0.3) is 11.3 Å². The number of ether oxygens (including phenoxy) is 1. The molecule has 2 aliphatic rings. The maximum absolute atomic E-state index is 13.2. The second kappa shape index (κ2) is 7.29. The summed E-state index contributed by atoms with van der Waals surface area (Å²) in [4.78, 5) is 29.6. The number of amides is 2. The monoisotopic (exact) mass is 354 g/mol. The van der Waals surface area contributed by atoms with Crippen molar-refractivity contribution in [2.24, 2.45) is 0 Å². The van der Waals surface area contributed by atoms with Crippen molar-refractivity contribution in [1.82, 2.24) is 20.0 Å². The maximum atomic E-state index is 13.2. The van der Waals surface area contributed by atoms with Crippen molar-refractivity contribution >= 4 is 11.8 Å². The molecular formula is C19H22N4O3. The summed E-state index contributed by atoms with van der Waals surface area (Å²) in [6, 6.07) is 9.25. The molecule has 0 aliphatic carbocycles. The van der Waals surface area contributed by atoms with Crippen LogP contribution in [0.2, 0.25) is 0 Å². The van der Waals surface area contributed by atoms with Crippen LogP contribution >= 0.6 is 0 Å². The van der Waals surface area contributed by atoms with Gasteiger partial charge in [-0.25, -0.2) is 0 Å². The first kappa shape index (κ1) is 16.8. The first-order valence-electron chi connectivity index (χ1n) is 9.02. The second-order valence-corrected chi connectivity index (χ2v) is 6.62. The molecule has 1 aromatic carbocycles. The van der Waals surface area contributed by atoms with E-state index in [0.717, 1.165) is 12.0 Å². The van der Waals surface area contributed by atoms with Gasteiger partial charge in [0.2, 0.25) is 5.91 Å². The predicted molar refractivity (Wildman–Crippen MR) is 95.5 cm³/mol. The topological polar surface area (TPSA) is 78.5 Å². The van der Waals surface area contributed by atoms with Gasteiger partial charge in [0, 0.05) is 25.2 Å². The molecule has 2 fully saturated rings. The lowest BCUT2D eigenvalue weighted by Crippen LogP contribution is -2.51. The summed E-state index contributed by atoms with van der Waals surface area (Å²) in [5, 5.41) is 6.99. The third kappa shape index (κ3) is 3.10. The minimum absolute atomic E-state index is 0.0314. The Morgan fingerprint density at radius 3 is 2.65 bits per heavy atom. The van der Waals surface area contributed by atoms with E-state index in [9.17, 15) is 9.59 Å². The Labute approximate surface area is 151 Å². The van der Waals surface area contributed by atoms with Crippen LogP contribution in [0, 0.1) is 0 Å². The van der Waals surface area contributed by atoms with Crippen LogP contribution in [0.15, 0.2) is 36.5 Å². The fourth-order valence-electron chi connectivity index (χ4n) is 3.69. The zero-order valence-electron chi connectivity index (χ0n) is 14.6. The van der Waals surface area contributed by atoms with E-state index in [2.05, 4.69) is 10.2 Å². The minimum atomic E-state index is -0.390. The van der Waals surface area contributed by atoms with Crippen molar-refractivity contribution < 1.29 is 14.3 Å². The molecule has 2 amide bonds. The van der Waals surface area contributed by atoms with Gasteiger partial charge >= 0.3 is 0 Å². The molecular weight excluding hydrogens is 332 g/mol. The van der Waals surface area contributed by atoms with Crippen molar-refractivity contribution in [2.75, 3.05) is 32.8 Å². The number of morpholine rings is 1. The van der Waals surface area contributed by atoms with E-state index in [-0.39, 0.29) is 17.9 Å². The van der Waals surface area contributed by atoms with Crippen LogP contribution in [0.4, 0.5) is 0 Å². The molecule has 2 aliphatic heterocycles. The van der Waals surface area contributed by atoms with Gasteiger partial charge in [0.25, 0.3) is 5.91 Å². The molecule has 2 aromatic rings. The number of carbonyl (C=O) groups is 2. The highest BCUT2D eigenvalue weighted by atomic mass is 16.5. The molecule has 3 heterocycles. The van der Waals surface area contributed by atoms with Gasteiger partial charge in [-0.15, -0.1) is 0 Å². The highest BCUT2D eigenvalue weighted by Crippen LogP contribution is 2.27. The van der Waals surface area contributed by atoms with Gasteiger partial charge < -0.3 is 14.5 Å². The molecule has 1 atom stereocenters. The highest BCUT2D eigenvalue weighted by Gasteiger charge is 2.38. The van der Waals surface area contributed by atoms with Gasteiger partial charge in [-0.05, 0) is 12.8 Å². The summed E-state index contributed by atoms with van der Waals surface area (Å²) in [5.41, 5.74) is 2.11. The summed E-state index contributed by atoms with van der Waals surface area (Å²) < 4.78 is 5.32. The summed E-state index contributed by atoms with van der Waals surface area (Å²) in [7, 11) is 0. The Balaban J connectivity index is 1.56. The van der Waals surface area contributed by atoms with Crippen LogP contribution in [0.3, 0.4) is 0 Å². The molecule has 7 heteroatoms. The average Bonchev–Trinajstić information content (AvgIpc) is 3.38. The lowest BCUT2D eigenvalue weighted by Gasteiger charge is -2.32. The quantitative estimate of drug-likeness (QED) is 0.907. The minimum Gasteiger partial charge on any atom is -0.378 e. The summed E-state index contributed by atoms with van der Waals surface area (Å²) >= 11 is 0. The van der Waals surface area contributed by atoms with Crippen molar-refractivity contribution in [3.05, 3.63) is 42.1 Å². The average molecular weight is 354 g/mol. The van der Waals surface area contributed by atoms with Crippen LogP contribution in [-0.4, -0.2) is 70.7 Å². The first-order valence-corrected chi connectivity index (χ1v) is 9.02. The van der Waals surface area contributed by atoms with Crippen LogP contribution in [0.5, 0.6) is 0 Å². The number of nitrogens with one attached hydrogen (secondary N) is 1. The molecule has 1 aromatic heterocycles. The zero-order valence-corrected chi connectivity index (χ0v) is 14.6. The molecule has 0 bridgehead atoms. The SMILES string of the molecule is O=C(C1CCCN1C(=O)c1cn[nH]c1-c1ccccc1)N1CCOCC1. The molecule has 1 N–H and O–H groups in total. The van der Waals surface area contributed by atoms with Gasteiger partial charge in [-0.3, -0.25) is 14.7 Å². The van der Waals surface area contributed by atoms with Gasteiger partial charge in [0.1, 0.15) is 6.04 Å². The number of hydrogen-bond donors (Lipinski definition) is 1. The van der Waals surface area contributed by atoms with E-state index >= 15 is 0 Å². The van der Waals surface area contributed by atoms with Gasteiger partial charge in [0.05, 0.1) is 30.7 Å². The maximum Gasteiger partial charge on any atom is 0.258 e. The van der Waals surface area contributed by atoms with E-state index < -0.39 is 0 Å². The largest absolute Gasteiger partial charge is 0.378 e. The number of rotatable bonds is 3. The van der Waals surface area contributed by atoms with Crippen LogP contribution in [-0.2, 0) is 9.53 Å². The van der Waals surface area contributed by atoms with Crippen LogP contribution in [0.1, 0.15) is 23.2 Å². The van der Waals surface area contributed by atoms with Crippen molar-refractivity contribution in [3.63, 3.8) is 0 Å². The lowest BCUT2D eigenvalue weighted by atomic mass is 10.1. The molecule has 7 nitrogen and oxygen atoms in total. The number of benzene rings is 1. The molecule has 0 saturated carbocycles. The van der Waals surface area contributed by atoms with E-state index in [1.807, 2.05) is 35.2 Å². The second-order valence-electron chi connectivity index (χ2n) is 6.62. The third-order valence-electron chi connectivity index (χ3n) is 5.05. The van der Waals surface area contributed by atoms with E-state index in [1.54, 1.807) is 11.1 Å². The number of nitrogens with zero attached hydrogens (tertiary/aromatic N) is 3. The Morgan fingerprint density at radius 1 is 1.12 bits per heavy atom. The van der Waals surface area contributed by atoms with Crippen molar-refractivity contribution in [2.45, 2.75) is 18.9 Å². The lowest BCUT2D eigenvalue weighted by molar-refractivity contribution is -0.139. The van der Waals surface area contributed by atoms with E-state index in [1.165, 1.54) is 0 Å². The summed E-state index contributed by atoms with van der Waals surface area (Å²) in [6.07, 6.45) is 3.10. The normalized spacial score (nSPS) is 20.4. The van der Waals surface area contributed by atoms with E-state index in [0.29, 0.717) is 50.5 Å². The molecule has 1 unspecified atom stereocenters. The van der Waals surface area contributed by atoms with Gasteiger partial charge in [0.15, 0.2) is 0 Å². The fourth-order valence-corrected chi connectivity index (χ4v) is 3.69. The Hall–Kier alpha value is -2.67. The first-order chi connectivity index (χ1) is 12.8. The zero-order chi connectivity index (χ0) is 17.9. The van der Waals surface area contributed by atoms with Crippen molar-refractivity contribution in [3.8, 4) is 11.3 Å². The predicted octanol–water partition coefficient (Wildman–Crippen LogP) is 1.54. The fraction of sp³-hybridized carbons (Fsp3) is 0.421. The van der Waals surface area contributed by atoms with E-state index in [4.69, 9.17) is 4.74 Å². The Bertz CT molecular complexity index is 783. The molecule has 26 heavy (non-hydrogen) atoms. The number of hydrogen-bond acceptors (Lipinski definition) is 4. The standard InChI is InChI=1S/C19H22N4O3/c24-18(15-13-20-21-17(15)14-5-2-1-3-6-14)23-8-4-7-16(23)19(25)22-9-11-26-12-10-22/h1-3,5-6,13,16H,4,7-12H2,(H,20,21). The van der Waals surface area contributed by atoms with Gasteiger partial charge in [-0.2, -0.15) is 5.10 Å². The number of likely N-dealkylation sites (tertiary alicyclic amines) is 1. The summed E-state index contributed by atoms with van der Waals surface area (Å²) in [5.74, 6) is -0.106. The molecule has 2 saturated heterocycles. The number of aromatic amines is 1.